The van der Waals surface area contributed by atoms with Gasteiger partial charge in [-0.25, -0.2) is 0 Å². The SMILES string of the molecule is CN=C(NCC1(N(C)C)CCOCC1)N1CCN(c2cccc(C)c2C)CC1.I. The highest BCUT2D eigenvalue weighted by Gasteiger charge is 2.35. The maximum absolute atomic E-state index is 5.60. The van der Waals surface area contributed by atoms with Crippen LogP contribution in [0.2, 0.25) is 0 Å². The van der Waals surface area contributed by atoms with E-state index in [4.69, 9.17) is 4.74 Å². The van der Waals surface area contributed by atoms with Gasteiger partial charge in [-0.2, -0.15) is 0 Å². The maximum Gasteiger partial charge on any atom is 0.193 e. The van der Waals surface area contributed by atoms with E-state index in [1.54, 1.807) is 0 Å². The van der Waals surface area contributed by atoms with E-state index in [2.05, 4.69) is 71.2 Å². The lowest BCUT2D eigenvalue weighted by atomic mass is 9.88. The van der Waals surface area contributed by atoms with Gasteiger partial charge in [0.1, 0.15) is 0 Å². The Labute approximate surface area is 193 Å². The number of hydrogen-bond acceptors (Lipinski definition) is 4. The number of anilines is 1. The molecule has 1 N–H and O–H groups in total. The third-order valence-corrected chi connectivity index (χ3v) is 6.66. The van der Waals surface area contributed by atoms with Crippen LogP contribution in [0.15, 0.2) is 23.2 Å². The van der Waals surface area contributed by atoms with Crippen molar-refractivity contribution >= 4 is 35.6 Å². The highest BCUT2D eigenvalue weighted by atomic mass is 127. The number of aryl methyl sites for hydroxylation is 1. The molecule has 2 heterocycles. The van der Waals surface area contributed by atoms with Crippen LogP contribution in [0.4, 0.5) is 5.69 Å². The molecule has 0 amide bonds. The first-order valence-corrected chi connectivity index (χ1v) is 10.5. The Kier molecular flexibility index (Phi) is 9.03. The molecule has 0 spiro atoms. The van der Waals surface area contributed by atoms with Gasteiger partial charge in [0, 0.05) is 64.2 Å². The number of benzene rings is 1. The van der Waals surface area contributed by atoms with Gasteiger partial charge in [-0.15, -0.1) is 24.0 Å². The van der Waals surface area contributed by atoms with Crippen molar-refractivity contribution in [3.05, 3.63) is 29.3 Å². The molecule has 0 bridgehead atoms. The van der Waals surface area contributed by atoms with E-state index in [0.29, 0.717) is 0 Å². The summed E-state index contributed by atoms with van der Waals surface area (Å²) in [6.45, 7) is 11.0. The summed E-state index contributed by atoms with van der Waals surface area (Å²) in [6, 6.07) is 6.61. The first-order valence-electron chi connectivity index (χ1n) is 10.5. The summed E-state index contributed by atoms with van der Waals surface area (Å²) in [5, 5.41) is 3.67. The summed E-state index contributed by atoms with van der Waals surface area (Å²) < 4.78 is 5.60. The second kappa shape index (κ2) is 10.8. The zero-order chi connectivity index (χ0) is 20.1. The molecule has 2 fully saturated rings. The van der Waals surface area contributed by atoms with Crippen molar-refractivity contribution in [2.24, 2.45) is 4.99 Å². The van der Waals surface area contributed by atoms with Crippen molar-refractivity contribution < 1.29 is 4.74 Å². The van der Waals surface area contributed by atoms with E-state index in [1.165, 1.54) is 16.8 Å². The van der Waals surface area contributed by atoms with Gasteiger partial charge in [-0.1, -0.05) is 12.1 Å². The van der Waals surface area contributed by atoms with Crippen LogP contribution in [-0.4, -0.2) is 88.4 Å². The summed E-state index contributed by atoms with van der Waals surface area (Å²) in [4.78, 5) is 11.8. The highest BCUT2D eigenvalue weighted by molar-refractivity contribution is 14.0. The number of piperazine rings is 1. The van der Waals surface area contributed by atoms with Crippen LogP contribution in [0, 0.1) is 13.8 Å². The smallest absolute Gasteiger partial charge is 0.193 e. The fourth-order valence-corrected chi connectivity index (χ4v) is 4.35. The van der Waals surface area contributed by atoms with Gasteiger partial charge in [-0.3, -0.25) is 4.99 Å². The number of nitrogens with zero attached hydrogens (tertiary/aromatic N) is 4. The van der Waals surface area contributed by atoms with Crippen LogP contribution < -0.4 is 10.2 Å². The Morgan fingerprint density at radius 3 is 2.38 bits per heavy atom. The lowest BCUT2D eigenvalue weighted by Crippen LogP contribution is -2.59. The van der Waals surface area contributed by atoms with Gasteiger partial charge in [-0.05, 0) is 58.0 Å². The quantitative estimate of drug-likeness (QED) is 0.380. The zero-order valence-corrected chi connectivity index (χ0v) is 21.0. The first-order chi connectivity index (χ1) is 13.5. The van der Waals surface area contributed by atoms with Crippen LogP contribution >= 0.6 is 24.0 Å². The second-order valence-electron chi connectivity index (χ2n) is 8.33. The van der Waals surface area contributed by atoms with E-state index in [-0.39, 0.29) is 29.5 Å². The molecule has 2 aliphatic heterocycles. The largest absolute Gasteiger partial charge is 0.381 e. The van der Waals surface area contributed by atoms with Crippen LogP contribution in [0.3, 0.4) is 0 Å². The average molecular weight is 515 g/mol. The number of ether oxygens (including phenoxy) is 1. The van der Waals surface area contributed by atoms with Crippen LogP contribution in [0.1, 0.15) is 24.0 Å². The summed E-state index contributed by atoms with van der Waals surface area (Å²) in [7, 11) is 6.25. The van der Waals surface area contributed by atoms with Crippen LogP contribution in [0.5, 0.6) is 0 Å². The predicted molar refractivity (Wildman–Crippen MR) is 133 cm³/mol. The topological polar surface area (TPSA) is 43.3 Å². The minimum absolute atomic E-state index is 0. The van der Waals surface area contributed by atoms with Gasteiger partial charge in [0.2, 0.25) is 0 Å². The molecule has 1 aromatic carbocycles. The van der Waals surface area contributed by atoms with Gasteiger partial charge in [0.05, 0.1) is 0 Å². The zero-order valence-electron chi connectivity index (χ0n) is 18.7. The maximum atomic E-state index is 5.60. The Morgan fingerprint density at radius 2 is 1.79 bits per heavy atom. The molecule has 0 unspecified atom stereocenters. The van der Waals surface area contributed by atoms with Crippen molar-refractivity contribution in [3.8, 4) is 0 Å². The molecular weight excluding hydrogens is 477 g/mol. The summed E-state index contributed by atoms with van der Waals surface area (Å²) in [5.74, 6) is 1.02. The van der Waals surface area contributed by atoms with Gasteiger partial charge in [0.25, 0.3) is 0 Å². The third-order valence-electron chi connectivity index (χ3n) is 6.66. The molecule has 7 heteroatoms. The van der Waals surface area contributed by atoms with E-state index in [9.17, 15) is 0 Å². The van der Waals surface area contributed by atoms with Gasteiger partial charge in [0.15, 0.2) is 5.96 Å². The average Bonchev–Trinajstić information content (AvgIpc) is 2.72. The van der Waals surface area contributed by atoms with Crippen molar-refractivity contribution in [2.45, 2.75) is 32.2 Å². The summed E-state index contributed by atoms with van der Waals surface area (Å²) in [6.07, 6.45) is 2.12. The molecule has 164 valence electrons. The van der Waals surface area contributed by atoms with Gasteiger partial charge < -0.3 is 24.8 Å². The Hall–Kier alpha value is -1.06. The monoisotopic (exact) mass is 515 g/mol. The first kappa shape index (κ1) is 24.2. The molecule has 0 aromatic heterocycles. The molecule has 29 heavy (non-hydrogen) atoms. The lowest BCUT2D eigenvalue weighted by molar-refractivity contribution is -0.00526. The van der Waals surface area contributed by atoms with Crippen molar-refractivity contribution in [2.75, 3.05) is 72.0 Å². The molecule has 0 atom stereocenters. The van der Waals surface area contributed by atoms with Crippen molar-refractivity contribution in [1.82, 2.24) is 15.1 Å². The number of guanidine groups is 1. The van der Waals surface area contributed by atoms with E-state index in [1.807, 2.05) is 7.05 Å². The molecule has 2 saturated heterocycles. The fourth-order valence-electron chi connectivity index (χ4n) is 4.35. The minimum Gasteiger partial charge on any atom is -0.381 e. The number of likely N-dealkylation sites (N-methyl/N-ethyl adjacent to an activating group) is 1. The normalized spacial score (nSPS) is 19.9. The predicted octanol–water partition coefficient (Wildman–Crippen LogP) is 2.73. The second-order valence-corrected chi connectivity index (χ2v) is 8.33. The lowest BCUT2D eigenvalue weighted by Gasteiger charge is -2.44. The molecular formula is C22H38IN5O. The van der Waals surface area contributed by atoms with Crippen molar-refractivity contribution in [3.63, 3.8) is 0 Å². The molecule has 0 aliphatic carbocycles. The van der Waals surface area contributed by atoms with Gasteiger partial charge >= 0.3 is 0 Å². The Bertz CT molecular complexity index is 680. The third kappa shape index (κ3) is 5.55. The highest BCUT2D eigenvalue weighted by Crippen LogP contribution is 2.26. The summed E-state index contributed by atoms with van der Waals surface area (Å²) >= 11 is 0. The number of halogens is 1. The molecule has 0 radical (unpaired) electrons. The van der Waals surface area contributed by atoms with E-state index < -0.39 is 0 Å². The number of aliphatic imine (C=N–C) groups is 1. The molecule has 6 nitrogen and oxygen atoms in total. The Morgan fingerprint density at radius 1 is 1.14 bits per heavy atom. The number of nitrogens with one attached hydrogen (secondary N) is 1. The van der Waals surface area contributed by atoms with Crippen LogP contribution in [0.25, 0.3) is 0 Å². The standard InChI is InChI=1S/C22H37N5O.HI/c1-18-7-6-8-20(19(18)2)26-11-13-27(14-12-26)21(23-3)24-17-22(25(4)5)9-15-28-16-10-22;/h6-8H,9-17H2,1-5H3,(H,23,24);1H. The Balaban J connectivity index is 0.00000300. The van der Waals surface area contributed by atoms with Crippen molar-refractivity contribution in [1.29, 1.82) is 0 Å². The van der Waals surface area contributed by atoms with Crippen LogP contribution in [-0.2, 0) is 4.74 Å². The fraction of sp³-hybridized carbons (Fsp3) is 0.682. The minimum atomic E-state index is 0. The molecule has 3 rings (SSSR count). The van der Waals surface area contributed by atoms with E-state index >= 15 is 0 Å². The summed E-state index contributed by atoms with van der Waals surface area (Å²) in [5.41, 5.74) is 4.28. The number of hydrogen-bond donors (Lipinski definition) is 1. The molecule has 2 aliphatic rings. The molecule has 1 aromatic rings. The molecule has 0 saturated carbocycles. The number of rotatable bonds is 4. The van der Waals surface area contributed by atoms with E-state index in [0.717, 1.165) is 64.7 Å².